The Labute approximate surface area is 100 Å². The first-order valence-electron chi connectivity index (χ1n) is 5.17. The summed E-state index contributed by atoms with van der Waals surface area (Å²) >= 11 is 1.76. The van der Waals surface area contributed by atoms with E-state index >= 15 is 0 Å². The Morgan fingerprint density at radius 2 is 1.94 bits per heavy atom. The highest BCUT2D eigenvalue weighted by Crippen LogP contribution is 2.18. The van der Waals surface area contributed by atoms with Gasteiger partial charge >= 0.3 is 0 Å². The van der Waals surface area contributed by atoms with Crippen LogP contribution in [0.5, 0.6) is 0 Å². The zero-order valence-corrected chi connectivity index (χ0v) is 10.3. The molecule has 0 aliphatic rings. The molecule has 2 rings (SSSR count). The molecule has 0 spiro atoms. The first-order valence-corrected chi connectivity index (χ1v) is 6.39. The topological polar surface area (TPSA) is 16.4 Å². The van der Waals surface area contributed by atoms with Gasteiger partial charge in [-0.05, 0) is 30.0 Å². The van der Waals surface area contributed by atoms with Gasteiger partial charge in [0.05, 0.1) is 6.26 Å². The minimum absolute atomic E-state index is 0.863. The van der Waals surface area contributed by atoms with Gasteiger partial charge in [0.15, 0.2) is 5.88 Å². The Bertz CT molecular complexity index is 422. The molecule has 84 valence electrons. The smallest absolute Gasteiger partial charge is 0.195 e. The van der Waals surface area contributed by atoms with Crippen molar-refractivity contribution in [3.05, 3.63) is 48.2 Å². The highest BCUT2D eigenvalue weighted by molar-refractivity contribution is 7.98. The first kappa shape index (κ1) is 11.1. The quantitative estimate of drug-likeness (QED) is 0.750. The summed E-state index contributed by atoms with van der Waals surface area (Å²) in [6, 6.07) is 12.5. The van der Waals surface area contributed by atoms with Crippen LogP contribution in [0.1, 0.15) is 5.56 Å². The zero-order valence-electron chi connectivity index (χ0n) is 9.51. The minimum Gasteiger partial charge on any atom is -0.449 e. The molecular formula is C13H15NOS. The Balaban J connectivity index is 2.03. The van der Waals surface area contributed by atoms with Crippen LogP contribution in [0.4, 0.5) is 5.88 Å². The summed E-state index contributed by atoms with van der Waals surface area (Å²) in [4.78, 5) is 3.39. The molecule has 0 atom stereocenters. The molecule has 0 bridgehead atoms. The average Bonchev–Trinajstić information content (AvgIpc) is 2.83. The molecule has 0 radical (unpaired) electrons. The van der Waals surface area contributed by atoms with Crippen molar-refractivity contribution in [3.63, 3.8) is 0 Å². The van der Waals surface area contributed by atoms with Crippen LogP contribution in [0.3, 0.4) is 0 Å². The Morgan fingerprint density at radius 3 is 2.50 bits per heavy atom. The van der Waals surface area contributed by atoms with Gasteiger partial charge < -0.3 is 9.32 Å². The maximum absolute atomic E-state index is 5.33. The van der Waals surface area contributed by atoms with Crippen LogP contribution in [0, 0.1) is 0 Å². The lowest BCUT2D eigenvalue weighted by Crippen LogP contribution is -2.15. The van der Waals surface area contributed by atoms with Gasteiger partial charge in [-0.2, -0.15) is 0 Å². The normalized spacial score (nSPS) is 10.4. The van der Waals surface area contributed by atoms with E-state index in [0.29, 0.717) is 0 Å². The standard InChI is InChI=1S/C13H15NOS/c1-14(13-4-3-9-15-13)10-11-5-7-12(16-2)8-6-11/h3-9H,10H2,1-2H3. The number of anilines is 1. The van der Waals surface area contributed by atoms with Crippen LogP contribution < -0.4 is 4.90 Å². The van der Waals surface area contributed by atoms with Gasteiger partial charge in [0.1, 0.15) is 0 Å². The fraction of sp³-hybridized carbons (Fsp3) is 0.231. The average molecular weight is 233 g/mol. The fourth-order valence-electron chi connectivity index (χ4n) is 1.57. The van der Waals surface area contributed by atoms with Crippen LogP contribution in [0.2, 0.25) is 0 Å². The second-order valence-electron chi connectivity index (χ2n) is 3.66. The summed E-state index contributed by atoms with van der Waals surface area (Å²) in [5.41, 5.74) is 1.29. The highest BCUT2D eigenvalue weighted by Gasteiger charge is 2.03. The molecule has 1 heterocycles. The number of benzene rings is 1. The summed E-state index contributed by atoms with van der Waals surface area (Å²) < 4.78 is 5.33. The van der Waals surface area contributed by atoms with Crippen LogP contribution in [0.25, 0.3) is 0 Å². The third-order valence-corrected chi connectivity index (χ3v) is 3.20. The van der Waals surface area contributed by atoms with E-state index < -0.39 is 0 Å². The molecule has 0 saturated carbocycles. The molecule has 1 aromatic heterocycles. The lowest BCUT2D eigenvalue weighted by molar-refractivity contribution is 0.554. The SMILES string of the molecule is CSc1ccc(CN(C)c2ccco2)cc1. The van der Waals surface area contributed by atoms with Gasteiger partial charge in [-0.3, -0.25) is 0 Å². The van der Waals surface area contributed by atoms with Crippen molar-refractivity contribution in [1.29, 1.82) is 0 Å². The summed E-state index contributed by atoms with van der Waals surface area (Å²) in [5.74, 6) is 0.897. The van der Waals surface area contributed by atoms with Gasteiger partial charge in [-0.25, -0.2) is 0 Å². The molecule has 2 nitrogen and oxygen atoms in total. The van der Waals surface area contributed by atoms with Crippen molar-refractivity contribution in [3.8, 4) is 0 Å². The van der Waals surface area contributed by atoms with E-state index in [4.69, 9.17) is 4.42 Å². The van der Waals surface area contributed by atoms with E-state index in [1.54, 1.807) is 18.0 Å². The highest BCUT2D eigenvalue weighted by atomic mass is 32.2. The van der Waals surface area contributed by atoms with Gasteiger partial charge in [0, 0.05) is 24.6 Å². The molecule has 0 amide bonds. The molecule has 3 heteroatoms. The third kappa shape index (κ3) is 2.61. The maximum Gasteiger partial charge on any atom is 0.195 e. The van der Waals surface area contributed by atoms with Crippen molar-refractivity contribution in [2.24, 2.45) is 0 Å². The molecule has 0 N–H and O–H groups in total. The van der Waals surface area contributed by atoms with E-state index in [1.807, 2.05) is 19.2 Å². The van der Waals surface area contributed by atoms with E-state index in [2.05, 4.69) is 35.4 Å². The molecule has 16 heavy (non-hydrogen) atoms. The largest absolute Gasteiger partial charge is 0.449 e. The van der Waals surface area contributed by atoms with Gasteiger partial charge in [-0.1, -0.05) is 12.1 Å². The summed E-state index contributed by atoms with van der Waals surface area (Å²) in [5, 5.41) is 0. The van der Waals surface area contributed by atoms with Crippen molar-refractivity contribution in [2.75, 3.05) is 18.2 Å². The lowest BCUT2D eigenvalue weighted by atomic mass is 10.2. The predicted molar refractivity (Wildman–Crippen MR) is 69.0 cm³/mol. The number of nitrogens with zero attached hydrogens (tertiary/aromatic N) is 1. The number of hydrogen-bond acceptors (Lipinski definition) is 3. The van der Waals surface area contributed by atoms with E-state index in [0.717, 1.165) is 12.4 Å². The number of furan rings is 1. The summed E-state index contributed by atoms with van der Waals surface area (Å²) in [7, 11) is 2.03. The fourth-order valence-corrected chi connectivity index (χ4v) is 1.98. The maximum atomic E-state index is 5.33. The van der Waals surface area contributed by atoms with Crippen LogP contribution in [-0.4, -0.2) is 13.3 Å². The molecule has 2 aromatic rings. The number of hydrogen-bond donors (Lipinski definition) is 0. The number of rotatable bonds is 4. The first-order chi connectivity index (χ1) is 7.79. The Hall–Kier alpha value is -1.35. The van der Waals surface area contributed by atoms with Crippen LogP contribution in [-0.2, 0) is 6.54 Å². The molecule has 0 unspecified atom stereocenters. The van der Waals surface area contributed by atoms with Crippen molar-refractivity contribution < 1.29 is 4.42 Å². The molecular weight excluding hydrogens is 218 g/mol. The number of thioether (sulfide) groups is 1. The van der Waals surface area contributed by atoms with Gasteiger partial charge in [-0.15, -0.1) is 11.8 Å². The molecule has 0 aliphatic heterocycles. The molecule has 1 aromatic carbocycles. The van der Waals surface area contributed by atoms with E-state index in [-0.39, 0.29) is 0 Å². The Kier molecular flexibility index (Phi) is 3.57. The van der Waals surface area contributed by atoms with E-state index in [1.165, 1.54) is 10.5 Å². The predicted octanol–water partition coefficient (Wildman–Crippen LogP) is 3.64. The lowest BCUT2D eigenvalue weighted by Gasteiger charge is -2.15. The van der Waals surface area contributed by atoms with Gasteiger partial charge in [0.2, 0.25) is 0 Å². The monoisotopic (exact) mass is 233 g/mol. The van der Waals surface area contributed by atoms with Gasteiger partial charge in [0.25, 0.3) is 0 Å². The molecule has 0 saturated heterocycles. The van der Waals surface area contributed by atoms with Crippen LogP contribution in [0.15, 0.2) is 52.0 Å². The van der Waals surface area contributed by atoms with Crippen LogP contribution >= 0.6 is 11.8 Å². The summed E-state index contributed by atoms with van der Waals surface area (Å²) in [6.45, 7) is 0.863. The summed E-state index contributed by atoms with van der Waals surface area (Å²) in [6.07, 6.45) is 3.78. The second kappa shape index (κ2) is 5.12. The molecule has 0 aliphatic carbocycles. The Morgan fingerprint density at radius 1 is 1.19 bits per heavy atom. The van der Waals surface area contributed by atoms with Crippen molar-refractivity contribution in [2.45, 2.75) is 11.4 Å². The van der Waals surface area contributed by atoms with Crippen molar-refractivity contribution >= 4 is 17.6 Å². The van der Waals surface area contributed by atoms with Crippen molar-refractivity contribution in [1.82, 2.24) is 0 Å². The molecule has 0 fully saturated rings. The second-order valence-corrected chi connectivity index (χ2v) is 4.54. The van der Waals surface area contributed by atoms with E-state index in [9.17, 15) is 0 Å². The minimum atomic E-state index is 0.863. The zero-order chi connectivity index (χ0) is 11.4. The third-order valence-electron chi connectivity index (χ3n) is 2.46.